The van der Waals surface area contributed by atoms with Gasteiger partial charge in [0.1, 0.15) is 5.01 Å². The van der Waals surface area contributed by atoms with Crippen LogP contribution in [0.4, 0.5) is 5.69 Å². The first-order valence-electron chi connectivity index (χ1n) is 8.78. The molecule has 5 heteroatoms. The first-order valence-corrected chi connectivity index (χ1v) is 10.0. The smallest absolute Gasteiger partial charge is 0.255 e. The first kappa shape index (κ1) is 18.4. The highest BCUT2D eigenvalue weighted by molar-refractivity contribution is 7.13. The maximum Gasteiger partial charge on any atom is 0.255 e. The lowest BCUT2D eigenvalue weighted by molar-refractivity contribution is 0.102. The molecule has 0 spiro atoms. The van der Waals surface area contributed by atoms with E-state index in [4.69, 9.17) is 16.6 Å². The summed E-state index contributed by atoms with van der Waals surface area (Å²) in [6.45, 7) is 2.00. The summed E-state index contributed by atoms with van der Waals surface area (Å²) in [4.78, 5) is 17.2. The summed E-state index contributed by atoms with van der Waals surface area (Å²) in [5, 5.41) is 6.61. The molecule has 0 aliphatic carbocycles. The minimum absolute atomic E-state index is 0.128. The van der Waals surface area contributed by atoms with E-state index in [9.17, 15) is 4.79 Å². The van der Waals surface area contributed by atoms with Gasteiger partial charge in [-0.1, -0.05) is 53.6 Å². The predicted molar refractivity (Wildman–Crippen MR) is 117 cm³/mol. The Hall–Kier alpha value is -2.95. The van der Waals surface area contributed by atoms with E-state index in [1.807, 2.05) is 85.1 Å². The number of thiazole rings is 1. The van der Waals surface area contributed by atoms with Gasteiger partial charge in [-0.15, -0.1) is 11.3 Å². The Labute approximate surface area is 172 Å². The molecule has 0 fully saturated rings. The van der Waals surface area contributed by atoms with Gasteiger partial charge in [0.15, 0.2) is 0 Å². The Morgan fingerprint density at radius 2 is 1.71 bits per heavy atom. The van der Waals surface area contributed by atoms with E-state index in [0.717, 1.165) is 33.1 Å². The van der Waals surface area contributed by atoms with E-state index >= 15 is 0 Å². The largest absolute Gasteiger partial charge is 0.322 e. The summed E-state index contributed by atoms with van der Waals surface area (Å²) in [6, 6.07) is 22.9. The van der Waals surface area contributed by atoms with Crippen LogP contribution in [0.2, 0.25) is 5.02 Å². The van der Waals surface area contributed by atoms with Gasteiger partial charge >= 0.3 is 0 Å². The quantitative estimate of drug-likeness (QED) is 0.411. The Kier molecular flexibility index (Phi) is 5.24. The number of rotatable bonds is 4. The van der Waals surface area contributed by atoms with Crippen molar-refractivity contribution in [1.29, 1.82) is 0 Å². The van der Waals surface area contributed by atoms with Gasteiger partial charge < -0.3 is 5.32 Å². The zero-order valence-electron chi connectivity index (χ0n) is 15.1. The number of benzene rings is 3. The SMILES string of the molecule is Cc1ccc(C(=O)Nc2cccc(-c3csc(-c4ccc(Cl)cc4)n3)c2)cc1. The van der Waals surface area contributed by atoms with Gasteiger partial charge in [-0.05, 0) is 43.3 Å². The Bertz CT molecular complexity index is 1120. The Morgan fingerprint density at radius 3 is 2.46 bits per heavy atom. The number of aromatic nitrogens is 1. The molecule has 1 heterocycles. The predicted octanol–water partition coefficient (Wildman–Crippen LogP) is 6.69. The molecule has 3 aromatic carbocycles. The topological polar surface area (TPSA) is 42.0 Å². The van der Waals surface area contributed by atoms with E-state index in [1.54, 1.807) is 11.3 Å². The first-order chi connectivity index (χ1) is 13.6. The van der Waals surface area contributed by atoms with Crippen LogP contribution in [-0.2, 0) is 0 Å². The van der Waals surface area contributed by atoms with Gasteiger partial charge in [0, 0.05) is 32.8 Å². The van der Waals surface area contributed by atoms with E-state index in [1.165, 1.54) is 0 Å². The van der Waals surface area contributed by atoms with Gasteiger partial charge in [-0.2, -0.15) is 0 Å². The third kappa shape index (κ3) is 4.14. The lowest BCUT2D eigenvalue weighted by Gasteiger charge is -2.07. The molecule has 0 saturated carbocycles. The van der Waals surface area contributed by atoms with Gasteiger partial charge in [0.25, 0.3) is 5.91 Å². The molecule has 0 radical (unpaired) electrons. The second-order valence-corrected chi connectivity index (χ2v) is 7.74. The molecule has 4 aromatic rings. The summed E-state index contributed by atoms with van der Waals surface area (Å²) in [5.41, 5.74) is 5.36. The van der Waals surface area contributed by atoms with E-state index in [-0.39, 0.29) is 5.91 Å². The molecular weight excluding hydrogens is 388 g/mol. The number of carbonyl (C=O) groups excluding carboxylic acids is 1. The monoisotopic (exact) mass is 404 g/mol. The Morgan fingerprint density at radius 1 is 0.964 bits per heavy atom. The van der Waals surface area contributed by atoms with Crippen LogP contribution < -0.4 is 5.32 Å². The normalized spacial score (nSPS) is 10.6. The summed E-state index contributed by atoms with van der Waals surface area (Å²) < 4.78 is 0. The number of nitrogens with one attached hydrogen (secondary N) is 1. The fourth-order valence-corrected chi connectivity index (χ4v) is 3.76. The van der Waals surface area contributed by atoms with Crippen molar-refractivity contribution in [3.05, 3.63) is 94.3 Å². The molecule has 0 aliphatic rings. The van der Waals surface area contributed by atoms with Crippen LogP contribution >= 0.6 is 22.9 Å². The fourth-order valence-electron chi connectivity index (χ4n) is 2.80. The van der Waals surface area contributed by atoms with Crippen molar-refractivity contribution >= 4 is 34.5 Å². The lowest BCUT2D eigenvalue weighted by atomic mass is 10.1. The number of nitrogens with zero attached hydrogens (tertiary/aromatic N) is 1. The molecule has 28 heavy (non-hydrogen) atoms. The standard InChI is InChI=1S/C23H17ClN2OS/c1-15-5-7-16(8-6-15)22(27)25-20-4-2-3-18(13-20)21-14-28-23(26-21)17-9-11-19(24)12-10-17/h2-14H,1H3,(H,25,27). The highest BCUT2D eigenvalue weighted by atomic mass is 35.5. The summed E-state index contributed by atoms with van der Waals surface area (Å²) >= 11 is 7.54. The molecule has 0 aliphatic heterocycles. The molecule has 1 aromatic heterocycles. The van der Waals surface area contributed by atoms with Crippen LogP contribution in [0.3, 0.4) is 0 Å². The van der Waals surface area contributed by atoms with Crippen LogP contribution in [0, 0.1) is 6.92 Å². The van der Waals surface area contributed by atoms with Crippen molar-refractivity contribution in [3.63, 3.8) is 0 Å². The van der Waals surface area contributed by atoms with E-state index in [0.29, 0.717) is 10.6 Å². The highest BCUT2D eigenvalue weighted by Crippen LogP contribution is 2.30. The maximum absolute atomic E-state index is 12.5. The van der Waals surface area contributed by atoms with Crippen LogP contribution in [0.25, 0.3) is 21.8 Å². The number of amides is 1. The van der Waals surface area contributed by atoms with Crippen LogP contribution in [0.1, 0.15) is 15.9 Å². The summed E-state index contributed by atoms with van der Waals surface area (Å²) in [7, 11) is 0. The molecule has 0 unspecified atom stereocenters. The zero-order valence-corrected chi connectivity index (χ0v) is 16.7. The number of anilines is 1. The van der Waals surface area contributed by atoms with Crippen LogP contribution in [-0.4, -0.2) is 10.9 Å². The number of carbonyl (C=O) groups is 1. The molecule has 0 atom stereocenters. The van der Waals surface area contributed by atoms with Crippen molar-refractivity contribution in [1.82, 2.24) is 4.98 Å². The average Bonchev–Trinajstić information content (AvgIpc) is 3.19. The minimum Gasteiger partial charge on any atom is -0.322 e. The third-order valence-electron chi connectivity index (χ3n) is 4.33. The molecule has 1 N–H and O–H groups in total. The van der Waals surface area contributed by atoms with Gasteiger partial charge in [-0.3, -0.25) is 4.79 Å². The second-order valence-electron chi connectivity index (χ2n) is 6.45. The van der Waals surface area contributed by atoms with Crippen molar-refractivity contribution in [2.45, 2.75) is 6.92 Å². The molecule has 4 rings (SSSR count). The van der Waals surface area contributed by atoms with Gasteiger partial charge in [0.2, 0.25) is 0 Å². The average molecular weight is 405 g/mol. The molecule has 3 nitrogen and oxygen atoms in total. The Balaban J connectivity index is 1.55. The van der Waals surface area contributed by atoms with Crippen LogP contribution in [0.15, 0.2) is 78.2 Å². The molecule has 0 saturated heterocycles. The van der Waals surface area contributed by atoms with Crippen molar-refractivity contribution < 1.29 is 4.79 Å². The zero-order chi connectivity index (χ0) is 19.5. The number of hydrogen-bond acceptors (Lipinski definition) is 3. The van der Waals surface area contributed by atoms with Gasteiger partial charge in [0.05, 0.1) is 5.69 Å². The fraction of sp³-hybridized carbons (Fsp3) is 0.0435. The lowest BCUT2D eigenvalue weighted by Crippen LogP contribution is -2.11. The second kappa shape index (κ2) is 7.97. The number of hydrogen-bond donors (Lipinski definition) is 1. The maximum atomic E-state index is 12.5. The van der Waals surface area contributed by atoms with E-state index in [2.05, 4.69) is 5.32 Å². The minimum atomic E-state index is -0.128. The summed E-state index contributed by atoms with van der Waals surface area (Å²) in [6.07, 6.45) is 0. The van der Waals surface area contributed by atoms with Crippen molar-refractivity contribution in [2.75, 3.05) is 5.32 Å². The van der Waals surface area contributed by atoms with Crippen LogP contribution in [0.5, 0.6) is 0 Å². The molecule has 0 bridgehead atoms. The highest BCUT2D eigenvalue weighted by Gasteiger charge is 2.09. The number of halogens is 1. The summed E-state index contributed by atoms with van der Waals surface area (Å²) in [5.74, 6) is -0.128. The molecule has 1 amide bonds. The van der Waals surface area contributed by atoms with Crippen molar-refractivity contribution in [3.8, 4) is 21.8 Å². The molecule has 138 valence electrons. The van der Waals surface area contributed by atoms with Crippen molar-refractivity contribution in [2.24, 2.45) is 0 Å². The number of aryl methyl sites for hydroxylation is 1. The molecular formula is C23H17ClN2OS. The van der Waals surface area contributed by atoms with Gasteiger partial charge in [-0.25, -0.2) is 4.98 Å². The van der Waals surface area contributed by atoms with E-state index < -0.39 is 0 Å². The third-order valence-corrected chi connectivity index (χ3v) is 5.47.